The van der Waals surface area contributed by atoms with Gasteiger partial charge in [-0.2, -0.15) is 0 Å². The van der Waals surface area contributed by atoms with Crippen LogP contribution in [0.1, 0.15) is 29.0 Å². The van der Waals surface area contributed by atoms with Gasteiger partial charge in [0.05, 0.1) is 0 Å². The van der Waals surface area contributed by atoms with Crippen LogP contribution >= 0.6 is 0 Å². The highest BCUT2D eigenvalue weighted by Gasteiger charge is 2.27. The summed E-state index contributed by atoms with van der Waals surface area (Å²) < 4.78 is 6.31. The van der Waals surface area contributed by atoms with Crippen LogP contribution in [0.3, 0.4) is 0 Å². The van der Waals surface area contributed by atoms with Gasteiger partial charge in [-0.15, -0.1) is 0 Å². The Morgan fingerprint density at radius 3 is 2.05 bits per heavy atom. The van der Waals surface area contributed by atoms with Crippen LogP contribution in [0.2, 0.25) is 0 Å². The van der Waals surface area contributed by atoms with Gasteiger partial charge in [0.2, 0.25) is 0 Å². The molecule has 2 heterocycles. The van der Waals surface area contributed by atoms with Gasteiger partial charge in [0.1, 0.15) is 29.3 Å². The number of fused-ring (bicyclic) bond motifs is 3. The van der Waals surface area contributed by atoms with Crippen LogP contribution in [-0.4, -0.2) is 5.84 Å². The Kier molecular flexibility index (Phi) is 5.30. The van der Waals surface area contributed by atoms with Crippen LogP contribution in [0.5, 0.6) is 0 Å². The Balaban J connectivity index is 1.38. The minimum absolute atomic E-state index is 0.164. The average Bonchev–Trinajstić information content (AvgIpc) is 3.36. The fraction of sp³-hybridized carbons (Fsp3) is 0.0606. The maximum atomic E-state index is 6.31. The third-order valence-corrected chi connectivity index (χ3v) is 6.97. The van der Waals surface area contributed by atoms with Crippen LogP contribution < -0.4 is 10.6 Å². The molecule has 5 aromatic carbocycles. The topological polar surface area (TPSA) is 49.6 Å². The van der Waals surface area contributed by atoms with E-state index in [1.807, 2.05) is 36.4 Å². The highest BCUT2D eigenvalue weighted by molar-refractivity contribution is 6.08. The van der Waals surface area contributed by atoms with Gasteiger partial charge in [-0.3, -0.25) is 5.32 Å². The molecule has 0 saturated carbocycles. The Morgan fingerprint density at radius 2 is 1.30 bits per heavy atom. The van der Waals surface area contributed by atoms with Crippen molar-refractivity contribution < 1.29 is 4.42 Å². The second-order valence-electron chi connectivity index (χ2n) is 9.30. The second kappa shape index (κ2) is 9.08. The number of rotatable bonds is 4. The van der Waals surface area contributed by atoms with E-state index in [1.54, 1.807) is 0 Å². The van der Waals surface area contributed by atoms with Crippen molar-refractivity contribution >= 4 is 27.8 Å². The summed E-state index contributed by atoms with van der Waals surface area (Å²) in [5.41, 5.74) is 7.43. The number of nitrogens with zero attached hydrogens (tertiary/aromatic N) is 1. The van der Waals surface area contributed by atoms with E-state index in [4.69, 9.17) is 9.41 Å². The number of hydrogen-bond acceptors (Lipinski definition) is 4. The maximum absolute atomic E-state index is 6.31. The van der Waals surface area contributed by atoms with Crippen molar-refractivity contribution in [3.05, 3.63) is 144 Å². The van der Waals surface area contributed by atoms with E-state index in [2.05, 4.69) is 102 Å². The van der Waals surface area contributed by atoms with E-state index in [-0.39, 0.29) is 12.3 Å². The van der Waals surface area contributed by atoms with Crippen molar-refractivity contribution in [1.29, 1.82) is 0 Å². The van der Waals surface area contributed by atoms with Crippen molar-refractivity contribution in [2.45, 2.75) is 12.3 Å². The normalized spacial score (nSPS) is 17.5. The summed E-state index contributed by atoms with van der Waals surface area (Å²) in [7, 11) is 0. The van der Waals surface area contributed by atoms with Gasteiger partial charge < -0.3 is 9.73 Å². The number of aliphatic imine (C=N–C) groups is 1. The minimum atomic E-state index is -0.184. The summed E-state index contributed by atoms with van der Waals surface area (Å²) >= 11 is 0. The molecule has 0 bridgehead atoms. The molecule has 0 aliphatic carbocycles. The smallest absolute Gasteiger partial charge is 0.135 e. The van der Waals surface area contributed by atoms with Crippen molar-refractivity contribution in [3.63, 3.8) is 0 Å². The van der Waals surface area contributed by atoms with Crippen LogP contribution in [0.25, 0.3) is 33.1 Å². The predicted molar refractivity (Wildman–Crippen MR) is 150 cm³/mol. The summed E-state index contributed by atoms with van der Waals surface area (Å²) in [6.45, 7) is 0. The molecule has 0 radical (unpaired) electrons. The first-order valence-electron chi connectivity index (χ1n) is 12.5. The van der Waals surface area contributed by atoms with Crippen LogP contribution in [0.4, 0.5) is 0 Å². The zero-order valence-corrected chi connectivity index (χ0v) is 20.1. The number of furan rings is 1. The number of benzene rings is 5. The van der Waals surface area contributed by atoms with Gasteiger partial charge in [-0.1, -0.05) is 109 Å². The molecule has 2 atom stereocenters. The molecule has 1 aromatic heterocycles. The lowest BCUT2D eigenvalue weighted by Gasteiger charge is -2.32. The van der Waals surface area contributed by atoms with Gasteiger partial charge in [0.25, 0.3) is 0 Å². The molecule has 0 spiro atoms. The van der Waals surface area contributed by atoms with Gasteiger partial charge in [0, 0.05) is 21.9 Å². The fourth-order valence-electron chi connectivity index (χ4n) is 5.17. The minimum Gasteiger partial charge on any atom is -0.456 e. The summed E-state index contributed by atoms with van der Waals surface area (Å²) in [4.78, 5) is 5.05. The van der Waals surface area contributed by atoms with Gasteiger partial charge in [-0.25, -0.2) is 4.99 Å². The molecule has 1 aliphatic heterocycles. The summed E-state index contributed by atoms with van der Waals surface area (Å²) in [5, 5.41) is 9.63. The molecule has 7 rings (SSSR count). The first-order valence-corrected chi connectivity index (χ1v) is 12.5. The molecule has 2 N–H and O–H groups in total. The fourth-order valence-corrected chi connectivity index (χ4v) is 5.17. The molecule has 0 saturated heterocycles. The standard InChI is InChI=1S/C33H25N3O/c1-4-11-22(12-5-1)25-19-20-28-27(21-25)30-26(17-10-18-29(30)37-28)33-35-31(23-13-6-2-7-14-23)34-32(36-33)24-15-8-3-9-16-24/h1-21,31,33,35H,(H,34,36). The molecule has 2 unspecified atom stereocenters. The first-order chi connectivity index (χ1) is 18.3. The molecule has 0 fully saturated rings. The molecule has 4 nitrogen and oxygen atoms in total. The van der Waals surface area contributed by atoms with E-state index in [0.29, 0.717) is 0 Å². The molecular weight excluding hydrogens is 454 g/mol. The van der Waals surface area contributed by atoms with Gasteiger partial charge >= 0.3 is 0 Å². The Bertz CT molecular complexity index is 1720. The van der Waals surface area contributed by atoms with Gasteiger partial charge in [0.15, 0.2) is 0 Å². The zero-order chi connectivity index (χ0) is 24.6. The maximum Gasteiger partial charge on any atom is 0.135 e. The number of amidine groups is 1. The molecule has 1 aliphatic rings. The third-order valence-electron chi connectivity index (χ3n) is 6.97. The molecule has 178 valence electrons. The van der Waals surface area contributed by atoms with Crippen LogP contribution in [-0.2, 0) is 0 Å². The zero-order valence-electron chi connectivity index (χ0n) is 20.1. The van der Waals surface area contributed by atoms with Crippen molar-refractivity contribution in [2.75, 3.05) is 0 Å². The molecule has 4 heteroatoms. The van der Waals surface area contributed by atoms with Crippen molar-refractivity contribution in [1.82, 2.24) is 10.6 Å². The second-order valence-corrected chi connectivity index (χ2v) is 9.30. The molecule has 37 heavy (non-hydrogen) atoms. The predicted octanol–water partition coefficient (Wildman–Crippen LogP) is 7.59. The summed E-state index contributed by atoms with van der Waals surface area (Å²) in [5.74, 6) is 0.869. The monoisotopic (exact) mass is 479 g/mol. The third kappa shape index (κ3) is 3.98. The van der Waals surface area contributed by atoms with Crippen LogP contribution in [0.15, 0.2) is 137 Å². The van der Waals surface area contributed by atoms with Crippen LogP contribution in [0, 0.1) is 0 Å². The quantitative estimate of drug-likeness (QED) is 0.274. The molecule has 0 amide bonds. The van der Waals surface area contributed by atoms with Crippen molar-refractivity contribution in [3.8, 4) is 11.1 Å². The highest BCUT2D eigenvalue weighted by Crippen LogP contribution is 2.37. The molecular formula is C33H25N3O. The lowest BCUT2D eigenvalue weighted by atomic mass is 9.99. The van der Waals surface area contributed by atoms with E-state index in [0.717, 1.165) is 44.5 Å². The van der Waals surface area contributed by atoms with E-state index in [1.165, 1.54) is 11.1 Å². The lowest BCUT2D eigenvalue weighted by molar-refractivity contribution is 0.411. The van der Waals surface area contributed by atoms with E-state index in [9.17, 15) is 0 Å². The lowest BCUT2D eigenvalue weighted by Crippen LogP contribution is -2.45. The van der Waals surface area contributed by atoms with Crippen molar-refractivity contribution in [2.24, 2.45) is 4.99 Å². The average molecular weight is 480 g/mol. The Labute approximate surface area is 215 Å². The summed E-state index contributed by atoms with van der Waals surface area (Å²) in [6.07, 6.45) is -0.348. The SMILES string of the molecule is c1ccc(C2=NC(c3ccccc3)NC(c3cccc4oc5ccc(-c6ccccc6)cc5c34)N2)cc1. The van der Waals surface area contributed by atoms with Gasteiger partial charge in [-0.05, 0) is 34.9 Å². The summed E-state index contributed by atoms with van der Waals surface area (Å²) in [6, 6.07) is 43.9. The Morgan fingerprint density at radius 1 is 0.595 bits per heavy atom. The number of hydrogen-bond donors (Lipinski definition) is 2. The largest absolute Gasteiger partial charge is 0.456 e. The Hall–Kier alpha value is -4.67. The van der Waals surface area contributed by atoms with E-state index >= 15 is 0 Å². The first kappa shape index (κ1) is 21.6. The molecule has 6 aromatic rings. The highest BCUT2D eigenvalue weighted by atomic mass is 16.3. The van der Waals surface area contributed by atoms with E-state index < -0.39 is 0 Å². The number of nitrogens with one attached hydrogen (secondary N) is 2.